The Bertz CT molecular complexity index is 2160. The van der Waals surface area contributed by atoms with Gasteiger partial charge in [-0.2, -0.15) is 0 Å². The fourth-order valence-electron chi connectivity index (χ4n) is 7.39. The van der Waals surface area contributed by atoms with Crippen molar-refractivity contribution < 1.29 is 41.2 Å². The van der Waals surface area contributed by atoms with Crippen molar-refractivity contribution in [3.8, 4) is 16.1 Å². The number of amides is 3. The first-order valence-corrected chi connectivity index (χ1v) is 21.6. The fraction of sp³-hybridized carbons (Fsp3) is 0.390. The zero-order chi connectivity index (χ0) is 38.9. The molecule has 4 heterocycles. The van der Waals surface area contributed by atoms with Crippen molar-refractivity contribution in [2.24, 2.45) is 11.1 Å². The average Bonchev–Trinajstić information content (AvgIpc) is 3.91. The Morgan fingerprint density at radius 2 is 1.82 bits per heavy atom. The topological polar surface area (TPSA) is 159 Å². The Morgan fingerprint density at radius 3 is 2.51 bits per heavy atom. The number of β-amino-alcohol motifs (C(OH)–C–C–N with tert-alkyl or cyclic N) is 1. The number of rotatable bonds is 11. The van der Waals surface area contributed by atoms with Gasteiger partial charge in [0.25, 0.3) is 0 Å². The number of primary amides is 1. The van der Waals surface area contributed by atoms with Gasteiger partial charge in [0.05, 0.1) is 16.1 Å². The summed E-state index contributed by atoms with van der Waals surface area (Å²) in [4.78, 5) is 46.8. The first-order chi connectivity index (χ1) is 26.4. The number of thiazole rings is 1. The van der Waals surface area contributed by atoms with Crippen molar-refractivity contribution in [1.29, 1.82) is 0 Å². The van der Waals surface area contributed by atoms with Crippen LogP contribution in [0.3, 0.4) is 0 Å². The Kier molecular flexibility index (Phi) is 11.7. The zero-order valence-corrected chi connectivity index (χ0v) is 34.5. The van der Waals surface area contributed by atoms with Crippen LogP contribution >= 0.6 is 11.3 Å². The Balaban J connectivity index is 0.962. The minimum atomic E-state index is -0.758. The van der Waals surface area contributed by atoms with Gasteiger partial charge in [-0.05, 0) is 6.92 Å². The van der Waals surface area contributed by atoms with Crippen LogP contribution in [0.5, 0.6) is 0 Å². The molecule has 2 aliphatic rings. The molecular weight excluding hydrogens is 827 g/mol. The van der Waals surface area contributed by atoms with Crippen LogP contribution in [0, 0.1) is 12.3 Å². The van der Waals surface area contributed by atoms with Crippen molar-refractivity contribution in [2.75, 3.05) is 19.6 Å². The first-order valence-electron chi connectivity index (χ1n) is 18.6. The van der Waals surface area contributed by atoms with Crippen LogP contribution in [0.15, 0.2) is 78.4 Å². The molecule has 12 nitrogen and oxygen atoms in total. The molecule has 2 aliphatic heterocycles. The second-order valence-corrected chi connectivity index (χ2v) is 18.9. The van der Waals surface area contributed by atoms with E-state index in [1.807, 2.05) is 75.8 Å². The summed E-state index contributed by atoms with van der Waals surface area (Å²) < 4.78 is 7.91. The third-order valence-corrected chi connectivity index (χ3v) is 13.9. The third-order valence-electron chi connectivity index (χ3n) is 10.5. The van der Waals surface area contributed by atoms with Gasteiger partial charge < -0.3 is 5.73 Å². The molecule has 0 aliphatic carbocycles. The number of piperidine rings is 1. The number of carbonyl (C=O) groups is 3. The van der Waals surface area contributed by atoms with Gasteiger partial charge in [-0.3, -0.25) is 4.79 Å². The molecule has 2 unspecified atom stereocenters. The van der Waals surface area contributed by atoms with Crippen molar-refractivity contribution in [2.45, 2.75) is 77.6 Å². The molecule has 5 N–H and O–H groups in total. The molecule has 2 aromatic heterocycles. The molecule has 4 atom stereocenters. The summed E-state index contributed by atoms with van der Waals surface area (Å²) in [6, 6.07) is 20.7. The molecule has 0 saturated carbocycles. The van der Waals surface area contributed by atoms with Crippen LogP contribution in [0.1, 0.15) is 73.1 Å². The molecule has 2 saturated heterocycles. The number of benzene rings is 3. The van der Waals surface area contributed by atoms with E-state index in [9.17, 15) is 19.5 Å². The Hall–Kier alpha value is -4.22. The predicted molar refractivity (Wildman–Crippen MR) is 210 cm³/mol. The van der Waals surface area contributed by atoms with Gasteiger partial charge in [0.15, 0.2) is 0 Å². The minimum absolute atomic E-state index is 0.134. The van der Waals surface area contributed by atoms with Crippen LogP contribution < -0.4 is 36.3 Å². The summed E-state index contributed by atoms with van der Waals surface area (Å²) >= 11 is 0.886. The fourth-order valence-corrected chi connectivity index (χ4v) is 11.3. The van der Waals surface area contributed by atoms with Gasteiger partial charge in [0, 0.05) is 0 Å². The molecular formula is C41H48IN8O4S-. The summed E-state index contributed by atoms with van der Waals surface area (Å²) in [5.74, 6) is -0.550. The summed E-state index contributed by atoms with van der Waals surface area (Å²) in [6.07, 6.45) is 3.49. The van der Waals surface area contributed by atoms with E-state index in [1.54, 1.807) is 27.0 Å². The number of aromatic nitrogens is 3. The number of likely N-dealkylation sites (tertiary alicyclic amines) is 1. The number of aliphatic hydroxyl groups excluding tert-OH is 1. The molecule has 55 heavy (non-hydrogen) atoms. The maximum absolute atomic E-state index is 14.3. The van der Waals surface area contributed by atoms with Crippen LogP contribution in [0.2, 0.25) is 0 Å². The molecule has 0 bridgehead atoms. The van der Waals surface area contributed by atoms with E-state index in [4.69, 9.17) is 5.73 Å². The normalized spacial score (nSPS) is 19.9. The molecule has 14 heteroatoms. The summed E-state index contributed by atoms with van der Waals surface area (Å²) in [5, 5.41) is 19.2. The van der Waals surface area contributed by atoms with Crippen molar-refractivity contribution >= 4 is 40.0 Å². The van der Waals surface area contributed by atoms with Crippen LogP contribution in [0.4, 0.5) is 0 Å². The number of carbonyl (C=O) groups excluding carboxylic acids is 3. The number of aliphatic hydroxyl groups is 1. The van der Waals surface area contributed by atoms with Crippen LogP contribution in [0.25, 0.3) is 27.0 Å². The summed E-state index contributed by atoms with van der Waals surface area (Å²) in [7, 11) is 0. The molecule has 3 amide bonds. The summed E-state index contributed by atoms with van der Waals surface area (Å²) in [5.41, 5.74) is 13.2. The van der Waals surface area contributed by atoms with E-state index in [0.29, 0.717) is 23.5 Å². The number of nitrogens with zero attached hydrogens (tertiary/aromatic N) is 5. The van der Waals surface area contributed by atoms with Gasteiger partial charge >= 0.3 is 288 Å². The molecule has 2 fully saturated rings. The number of halogens is 1. The zero-order valence-electron chi connectivity index (χ0n) is 31.5. The van der Waals surface area contributed by atoms with E-state index in [1.165, 1.54) is 5.56 Å². The average molecular weight is 876 g/mol. The van der Waals surface area contributed by atoms with E-state index >= 15 is 0 Å². The number of hydrogen-bond donors (Lipinski definition) is 4. The third kappa shape index (κ3) is 8.78. The molecule has 290 valence electrons. The van der Waals surface area contributed by atoms with Gasteiger partial charge in [0.1, 0.15) is 0 Å². The van der Waals surface area contributed by atoms with Gasteiger partial charge in [-0.1, -0.05) is 0 Å². The van der Waals surface area contributed by atoms with E-state index in [-0.39, 0.29) is 24.8 Å². The number of aryl methyl sites for hydroxylation is 1. The number of nitrogens with two attached hydrogens (primary N) is 1. The second-order valence-electron chi connectivity index (χ2n) is 15.6. The molecule has 3 aromatic carbocycles. The molecule has 0 spiro atoms. The van der Waals surface area contributed by atoms with Crippen LogP contribution in [-0.4, -0.2) is 83.4 Å². The quantitative estimate of drug-likeness (QED) is 0.116. The summed E-state index contributed by atoms with van der Waals surface area (Å²) in [6.45, 7) is 10.4. The SMILES string of the molecule is Cc1ncsc1-c1ccc(CNC(=O)C2C[C@@H](O)CN2C(=O)[C@@H](N[I-]N2CCCC(c3ccc(-n4cc5cccc(C(N)=O)c5n4)cc3)C2)C(C)(C)C)cc1. The van der Waals surface area contributed by atoms with E-state index < -0.39 is 51.3 Å². The number of hydrogen-bond acceptors (Lipinski definition) is 9. The van der Waals surface area contributed by atoms with E-state index in [0.717, 1.165) is 58.7 Å². The Labute approximate surface area is 336 Å². The van der Waals surface area contributed by atoms with Gasteiger partial charge in [-0.25, -0.2) is 4.98 Å². The number of nitrogens with one attached hydrogen (secondary N) is 2. The predicted octanol–water partition coefficient (Wildman–Crippen LogP) is 1.94. The standard InChI is InChI=1S/C41H48IN8O4S/c1-25-36(55-24-45-25)28-12-10-26(11-13-28)20-44-39(53)34-19-32(51)23-49(34)40(54)37(41(2,3)4)46-42-48-18-6-8-29(21-48)27-14-16-31(17-15-27)50-22-30-7-5-9-33(38(43)52)35(30)47-50/h5,7,9-17,22,24,29,32,34,37,46,51H,6,8,18-21,23H2,1-4H3,(H2,43,52)(H,44,53)/q-1/t29?,32-,34?,37-/m1/s1. The van der Waals surface area contributed by atoms with Gasteiger partial charge in [-0.15, -0.1) is 11.3 Å². The van der Waals surface area contributed by atoms with Crippen molar-refractivity contribution in [3.63, 3.8) is 0 Å². The molecule has 7 rings (SSSR count). The monoisotopic (exact) mass is 875 g/mol. The van der Waals surface area contributed by atoms with Crippen LogP contribution in [-0.2, 0) is 16.1 Å². The van der Waals surface area contributed by atoms with Gasteiger partial charge in [0.2, 0.25) is 0 Å². The molecule has 0 radical (unpaired) electrons. The number of fused-ring (bicyclic) bond motifs is 1. The second kappa shape index (κ2) is 16.5. The maximum atomic E-state index is 14.3. The van der Waals surface area contributed by atoms with Crippen molar-refractivity contribution in [1.82, 2.24) is 31.6 Å². The first kappa shape index (κ1) is 39.0. The van der Waals surface area contributed by atoms with E-state index in [2.05, 4.69) is 46.3 Å². The Morgan fingerprint density at radius 1 is 1.05 bits per heavy atom. The molecule has 5 aromatic rings. The van der Waals surface area contributed by atoms with Crippen molar-refractivity contribution in [3.05, 3.63) is 101 Å².